The minimum absolute atomic E-state index is 0.179. The Labute approximate surface area is 194 Å². The Hall–Kier alpha value is -1.89. The Bertz CT molecular complexity index is 954. The van der Waals surface area contributed by atoms with Gasteiger partial charge in [-0.1, -0.05) is 62.4 Å². The van der Waals surface area contributed by atoms with Gasteiger partial charge in [0.15, 0.2) is 5.13 Å². The molecule has 0 aliphatic carbocycles. The number of carbonyl (C=O) groups is 1. The van der Waals surface area contributed by atoms with Gasteiger partial charge in [-0.3, -0.25) is 9.69 Å². The molecule has 1 heterocycles. The van der Waals surface area contributed by atoms with E-state index in [0.717, 1.165) is 53.6 Å². The number of rotatable bonds is 12. The van der Waals surface area contributed by atoms with Crippen LogP contribution in [-0.2, 0) is 11.2 Å². The van der Waals surface area contributed by atoms with Crippen LogP contribution in [0.3, 0.4) is 0 Å². The highest BCUT2D eigenvalue weighted by Crippen LogP contribution is 2.31. The Morgan fingerprint density at radius 3 is 2.48 bits per heavy atom. The third-order valence-corrected chi connectivity index (χ3v) is 7.63. The molecule has 1 amide bonds. The van der Waals surface area contributed by atoms with Crippen LogP contribution in [0, 0.1) is 0 Å². The Morgan fingerprint density at radius 1 is 1.00 bits per heavy atom. The van der Waals surface area contributed by atoms with Crippen molar-refractivity contribution in [2.45, 2.75) is 44.9 Å². The van der Waals surface area contributed by atoms with Crippen molar-refractivity contribution in [1.82, 2.24) is 9.88 Å². The quantitative estimate of drug-likeness (QED) is 0.244. The van der Waals surface area contributed by atoms with Gasteiger partial charge in [-0.25, -0.2) is 4.98 Å². The Kier molecular flexibility index (Phi) is 9.37. The molecule has 0 saturated carbocycles. The van der Waals surface area contributed by atoms with Crippen molar-refractivity contribution in [3.8, 4) is 0 Å². The fourth-order valence-corrected chi connectivity index (χ4v) is 5.50. The number of hydrogen-bond acceptors (Lipinski definition) is 5. The van der Waals surface area contributed by atoms with Crippen molar-refractivity contribution in [2.75, 3.05) is 36.8 Å². The fraction of sp³-hybridized carbons (Fsp3) is 0.440. The lowest BCUT2D eigenvalue weighted by atomic mass is 10.1. The van der Waals surface area contributed by atoms with Gasteiger partial charge in [0.2, 0.25) is 5.91 Å². The first-order valence-electron chi connectivity index (χ1n) is 11.2. The molecule has 1 aromatic heterocycles. The molecule has 3 rings (SSSR count). The zero-order chi connectivity index (χ0) is 22.1. The summed E-state index contributed by atoms with van der Waals surface area (Å²) in [5, 5.41) is 0.837. The molecule has 166 valence electrons. The summed E-state index contributed by atoms with van der Waals surface area (Å²) in [6, 6.07) is 16.7. The minimum Gasteiger partial charge on any atom is -0.302 e. The van der Waals surface area contributed by atoms with Crippen LogP contribution < -0.4 is 4.90 Å². The molecule has 0 radical (unpaired) electrons. The van der Waals surface area contributed by atoms with E-state index in [2.05, 4.69) is 68.1 Å². The van der Waals surface area contributed by atoms with Crippen molar-refractivity contribution >= 4 is 44.4 Å². The average molecular weight is 456 g/mol. The van der Waals surface area contributed by atoms with Gasteiger partial charge >= 0.3 is 0 Å². The van der Waals surface area contributed by atoms with Crippen LogP contribution >= 0.6 is 23.1 Å². The van der Waals surface area contributed by atoms with Crippen LogP contribution in [0.2, 0.25) is 0 Å². The van der Waals surface area contributed by atoms with E-state index in [1.165, 1.54) is 10.5 Å². The maximum Gasteiger partial charge on any atom is 0.228 e. The normalized spacial score (nSPS) is 11.4. The number of carbonyl (C=O) groups excluding carboxylic acids is 1. The topological polar surface area (TPSA) is 36.4 Å². The van der Waals surface area contributed by atoms with Gasteiger partial charge in [-0.15, -0.1) is 11.8 Å². The smallest absolute Gasteiger partial charge is 0.228 e. The summed E-state index contributed by atoms with van der Waals surface area (Å²) in [6.45, 7) is 10.0. The molecule has 0 unspecified atom stereocenters. The molecule has 0 N–H and O–H groups in total. The van der Waals surface area contributed by atoms with E-state index in [-0.39, 0.29) is 5.91 Å². The average Bonchev–Trinajstić information content (AvgIpc) is 3.24. The highest BCUT2D eigenvalue weighted by atomic mass is 32.2. The van der Waals surface area contributed by atoms with Crippen LogP contribution in [0.1, 0.15) is 39.2 Å². The third-order valence-electron chi connectivity index (χ3n) is 5.49. The number of thioether (sulfide) groups is 1. The summed E-state index contributed by atoms with van der Waals surface area (Å²) in [6.07, 6.45) is 2.37. The van der Waals surface area contributed by atoms with E-state index in [0.29, 0.717) is 13.0 Å². The SMILES string of the molecule is CCc1cccc2sc(N(CCN(CC)CC)C(=O)CCCSc3ccccc3)nc12. The van der Waals surface area contributed by atoms with E-state index in [9.17, 15) is 4.79 Å². The largest absolute Gasteiger partial charge is 0.302 e. The Morgan fingerprint density at radius 2 is 1.77 bits per heavy atom. The molecule has 0 aliphatic heterocycles. The van der Waals surface area contributed by atoms with E-state index >= 15 is 0 Å². The molecule has 2 aromatic carbocycles. The van der Waals surface area contributed by atoms with E-state index in [1.807, 2.05) is 22.7 Å². The van der Waals surface area contributed by atoms with Gasteiger partial charge in [0.25, 0.3) is 0 Å². The molecular weight excluding hydrogens is 422 g/mol. The van der Waals surface area contributed by atoms with Crippen molar-refractivity contribution < 1.29 is 4.79 Å². The van der Waals surface area contributed by atoms with Gasteiger partial charge in [0.1, 0.15) is 0 Å². The molecule has 3 aromatic rings. The molecule has 0 fully saturated rings. The number of fused-ring (bicyclic) bond motifs is 1. The van der Waals surface area contributed by atoms with Crippen LogP contribution in [0.15, 0.2) is 53.4 Å². The predicted octanol–water partition coefficient (Wildman–Crippen LogP) is 6.11. The van der Waals surface area contributed by atoms with Crippen molar-refractivity contribution in [2.24, 2.45) is 0 Å². The number of thiazole rings is 1. The van der Waals surface area contributed by atoms with Gasteiger partial charge in [0.05, 0.1) is 10.2 Å². The number of likely N-dealkylation sites (N-methyl/N-ethyl adjacent to an activating group) is 1. The van der Waals surface area contributed by atoms with Crippen LogP contribution in [0.25, 0.3) is 10.2 Å². The number of para-hydroxylation sites is 1. The summed E-state index contributed by atoms with van der Waals surface area (Å²) in [5.74, 6) is 1.12. The molecule has 6 heteroatoms. The van der Waals surface area contributed by atoms with Gasteiger partial charge in [0, 0.05) is 24.4 Å². The molecule has 31 heavy (non-hydrogen) atoms. The number of aromatic nitrogens is 1. The van der Waals surface area contributed by atoms with Crippen LogP contribution in [0.4, 0.5) is 5.13 Å². The first kappa shape index (κ1) is 23.8. The monoisotopic (exact) mass is 455 g/mol. The second-order valence-electron chi connectivity index (χ2n) is 7.45. The number of benzene rings is 2. The summed E-state index contributed by atoms with van der Waals surface area (Å²) < 4.78 is 1.16. The molecule has 0 spiro atoms. The third kappa shape index (κ3) is 6.55. The van der Waals surface area contributed by atoms with Crippen molar-refractivity contribution in [3.05, 3.63) is 54.1 Å². The number of anilines is 1. The van der Waals surface area contributed by atoms with Gasteiger partial charge in [-0.05, 0) is 55.4 Å². The first-order chi connectivity index (χ1) is 15.2. The summed E-state index contributed by atoms with van der Waals surface area (Å²) in [5.41, 5.74) is 2.29. The van der Waals surface area contributed by atoms with Crippen LogP contribution in [0.5, 0.6) is 0 Å². The summed E-state index contributed by atoms with van der Waals surface area (Å²) in [7, 11) is 0. The lowest BCUT2D eigenvalue weighted by Gasteiger charge is -2.24. The molecule has 4 nitrogen and oxygen atoms in total. The standard InChI is InChI=1S/C25H33N3OS2/c1-4-20-12-10-15-22-24(20)26-25(31-22)28(18-17-27(5-2)6-3)23(29)16-11-19-30-21-13-8-7-9-14-21/h7-10,12-15H,4-6,11,16-19H2,1-3H3. The minimum atomic E-state index is 0.179. The van der Waals surface area contributed by atoms with E-state index < -0.39 is 0 Å². The number of aryl methyl sites for hydroxylation is 1. The Balaban J connectivity index is 1.70. The lowest BCUT2D eigenvalue weighted by molar-refractivity contribution is -0.118. The maximum absolute atomic E-state index is 13.2. The van der Waals surface area contributed by atoms with Crippen molar-refractivity contribution in [1.29, 1.82) is 0 Å². The highest BCUT2D eigenvalue weighted by Gasteiger charge is 2.20. The summed E-state index contributed by atoms with van der Waals surface area (Å²) >= 11 is 3.45. The molecule has 0 saturated heterocycles. The van der Waals surface area contributed by atoms with E-state index in [1.54, 1.807) is 11.3 Å². The highest BCUT2D eigenvalue weighted by molar-refractivity contribution is 7.99. The van der Waals surface area contributed by atoms with Gasteiger partial charge in [-0.2, -0.15) is 0 Å². The molecule has 0 atom stereocenters. The fourth-order valence-electron chi connectivity index (χ4n) is 3.57. The van der Waals surface area contributed by atoms with Crippen molar-refractivity contribution in [3.63, 3.8) is 0 Å². The van der Waals surface area contributed by atoms with E-state index in [4.69, 9.17) is 4.98 Å². The lowest BCUT2D eigenvalue weighted by Crippen LogP contribution is -2.38. The van der Waals surface area contributed by atoms with Gasteiger partial charge < -0.3 is 4.90 Å². The zero-order valence-electron chi connectivity index (χ0n) is 18.8. The molecular formula is C25H33N3OS2. The maximum atomic E-state index is 13.2. The number of nitrogens with zero attached hydrogens (tertiary/aromatic N) is 3. The molecule has 0 bridgehead atoms. The number of hydrogen-bond donors (Lipinski definition) is 0. The summed E-state index contributed by atoms with van der Waals surface area (Å²) in [4.78, 5) is 23.7. The zero-order valence-corrected chi connectivity index (χ0v) is 20.5. The number of amides is 1. The molecule has 0 aliphatic rings. The predicted molar refractivity (Wildman–Crippen MR) is 136 cm³/mol. The van der Waals surface area contributed by atoms with Crippen LogP contribution in [-0.4, -0.2) is 47.7 Å². The second-order valence-corrected chi connectivity index (χ2v) is 9.63. The first-order valence-corrected chi connectivity index (χ1v) is 13.0. The second kappa shape index (κ2) is 12.2.